The van der Waals surface area contributed by atoms with Crippen molar-refractivity contribution in [3.05, 3.63) is 118 Å². The van der Waals surface area contributed by atoms with E-state index in [1.807, 2.05) is 42.5 Å². The highest BCUT2D eigenvalue weighted by atomic mass is 19.4. The van der Waals surface area contributed by atoms with E-state index in [1.54, 1.807) is 27.4 Å². The van der Waals surface area contributed by atoms with Crippen LogP contribution in [0.15, 0.2) is 90.2 Å². The summed E-state index contributed by atoms with van der Waals surface area (Å²) in [6.45, 7) is 4.14. The minimum absolute atomic E-state index is 0.586. The minimum atomic E-state index is -4.44. The molecule has 0 amide bonds. The fourth-order valence-electron chi connectivity index (χ4n) is 8.00. The number of halogens is 3. The Balaban J connectivity index is 1.53. The first kappa shape index (κ1) is 31.0. The fourth-order valence-corrected chi connectivity index (χ4v) is 8.00. The molecular weight excluding hydrogens is 601 g/mol. The van der Waals surface area contributed by atoms with E-state index in [0.29, 0.717) is 36.5 Å². The summed E-state index contributed by atoms with van der Waals surface area (Å²) >= 11 is 0. The molecule has 0 N–H and O–H groups in total. The number of methoxy groups -OCH3 is 3. The summed E-state index contributed by atoms with van der Waals surface area (Å²) in [5, 5.41) is 1.87. The Morgan fingerprint density at radius 2 is 1.55 bits per heavy atom. The molecule has 4 aromatic rings. The van der Waals surface area contributed by atoms with Gasteiger partial charge < -0.3 is 18.9 Å². The summed E-state index contributed by atoms with van der Waals surface area (Å²) in [6.07, 6.45) is 6.56. The lowest BCUT2D eigenvalue weighted by Crippen LogP contribution is -2.36. The van der Waals surface area contributed by atoms with E-state index in [4.69, 9.17) is 18.9 Å². The predicted molar refractivity (Wildman–Crippen MR) is 179 cm³/mol. The number of ether oxygens (including phenoxy) is 4. The van der Waals surface area contributed by atoms with Crippen LogP contribution in [0, 0.1) is 0 Å². The molecule has 1 aliphatic heterocycles. The van der Waals surface area contributed by atoms with Crippen molar-refractivity contribution in [2.45, 2.75) is 56.7 Å². The topological polar surface area (TPSA) is 36.9 Å². The molecule has 4 nitrogen and oxygen atoms in total. The number of alkyl halides is 3. The third-order valence-corrected chi connectivity index (χ3v) is 10.4. The van der Waals surface area contributed by atoms with Crippen LogP contribution in [-0.4, -0.2) is 21.3 Å². The maximum atomic E-state index is 14.1. The normalized spacial score (nSPS) is 19.2. The summed E-state index contributed by atoms with van der Waals surface area (Å²) in [5.41, 5.74) is 4.19. The Morgan fingerprint density at radius 1 is 0.809 bits per heavy atom. The maximum Gasteiger partial charge on any atom is 0.416 e. The molecular formula is C40H37F3O4. The van der Waals surface area contributed by atoms with Gasteiger partial charge in [-0.15, -0.1) is 0 Å². The van der Waals surface area contributed by atoms with Crippen molar-refractivity contribution in [1.82, 2.24) is 0 Å². The summed E-state index contributed by atoms with van der Waals surface area (Å²) in [4.78, 5) is 0. The van der Waals surface area contributed by atoms with Gasteiger partial charge in [0.05, 0.1) is 32.7 Å². The average molecular weight is 639 g/mol. The van der Waals surface area contributed by atoms with Crippen LogP contribution in [-0.2, 0) is 21.9 Å². The van der Waals surface area contributed by atoms with Gasteiger partial charge in [0, 0.05) is 28.3 Å². The largest absolute Gasteiger partial charge is 0.501 e. The first-order valence-corrected chi connectivity index (χ1v) is 16.0. The lowest BCUT2D eigenvalue weighted by Gasteiger charge is -2.41. The van der Waals surface area contributed by atoms with Crippen LogP contribution in [0.5, 0.6) is 17.2 Å². The molecule has 0 aromatic heterocycles. The average Bonchev–Trinajstić information content (AvgIpc) is 3.41. The maximum absolute atomic E-state index is 14.1. The number of hydrogen-bond donors (Lipinski definition) is 0. The van der Waals surface area contributed by atoms with Crippen LogP contribution in [0.4, 0.5) is 13.2 Å². The highest BCUT2D eigenvalue weighted by Crippen LogP contribution is 2.61. The summed E-state index contributed by atoms with van der Waals surface area (Å²) < 4.78 is 66.5. The van der Waals surface area contributed by atoms with E-state index in [1.165, 1.54) is 12.1 Å². The van der Waals surface area contributed by atoms with Crippen molar-refractivity contribution in [2.24, 2.45) is 0 Å². The molecule has 0 saturated heterocycles. The van der Waals surface area contributed by atoms with Gasteiger partial charge in [-0.1, -0.05) is 62.4 Å². The van der Waals surface area contributed by atoms with Crippen LogP contribution in [0.3, 0.4) is 0 Å². The lowest BCUT2D eigenvalue weighted by molar-refractivity contribution is -0.137. The van der Waals surface area contributed by atoms with Crippen LogP contribution < -0.4 is 14.2 Å². The van der Waals surface area contributed by atoms with Gasteiger partial charge in [0.15, 0.2) is 17.1 Å². The van der Waals surface area contributed by atoms with E-state index in [2.05, 4.69) is 38.1 Å². The molecule has 4 aromatic carbocycles. The van der Waals surface area contributed by atoms with E-state index in [9.17, 15) is 13.2 Å². The van der Waals surface area contributed by atoms with Gasteiger partial charge in [0.2, 0.25) is 0 Å². The third kappa shape index (κ3) is 4.49. The lowest BCUT2D eigenvalue weighted by atomic mass is 9.70. The highest BCUT2D eigenvalue weighted by Gasteiger charge is 2.48. The van der Waals surface area contributed by atoms with Gasteiger partial charge in [-0.25, -0.2) is 0 Å². The zero-order valence-electron chi connectivity index (χ0n) is 27.2. The molecule has 0 bridgehead atoms. The molecule has 7 heteroatoms. The Hall–Kier alpha value is -4.65. The molecule has 1 heterocycles. The molecule has 0 spiro atoms. The van der Waals surface area contributed by atoms with Gasteiger partial charge in [0.1, 0.15) is 5.75 Å². The van der Waals surface area contributed by atoms with Gasteiger partial charge >= 0.3 is 6.18 Å². The molecule has 2 aliphatic carbocycles. The minimum Gasteiger partial charge on any atom is -0.501 e. The Labute approximate surface area is 273 Å². The molecule has 1 atom stereocenters. The molecule has 1 unspecified atom stereocenters. The van der Waals surface area contributed by atoms with E-state index >= 15 is 0 Å². The zero-order chi connectivity index (χ0) is 33.1. The van der Waals surface area contributed by atoms with Crippen LogP contribution in [0.25, 0.3) is 28.0 Å². The predicted octanol–water partition coefficient (Wildman–Crippen LogP) is 10.5. The van der Waals surface area contributed by atoms with Crippen molar-refractivity contribution in [3.8, 4) is 28.4 Å². The Morgan fingerprint density at radius 3 is 2.19 bits per heavy atom. The van der Waals surface area contributed by atoms with Gasteiger partial charge in [0.25, 0.3) is 0 Å². The van der Waals surface area contributed by atoms with E-state index < -0.39 is 22.8 Å². The zero-order valence-corrected chi connectivity index (χ0v) is 27.2. The third-order valence-electron chi connectivity index (χ3n) is 10.4. The number of rotatable bonds is 7. The standard InChI is InChI=1S/C40H37F3O4/c1-6-38(7-2)32-22-26(40(41,42)43)14-18-30(32)35-28-10-8-9-11-29(28)37-31(36(35)38)20-21-39(47-37,24-12-16-27(44-3)17-13-24)25-15-19-33(45-4)34(23-25)46-5/h8-12,14-16,18-23H,6-7,13,17H2,1-5H3. The van der Waals surface area contributed by atoms with E-state index in [-0.39, 0.29) is 0 Å². The summed E-state index contributed by atoms with van der Waals surface area (Å²) in [6, 6.07) is 18.2. The van der Waals surface area contributed by atoms with E-state index in [0.717, 1.165) is 61.9 Å². The van der Waals surface area contributed by atoms with Crippen molar-refractivity contribution >= 4 is 16.8 Å². The fraction of sp³-hybridized carbons (Fsp3) is 0.300. The Bertz CT molecular complexity index is 2000. The van der Waals surface area contributed by atoms with Gasteiger partial charge in [-0.2, -0.15) is 13.2 Å². The Kier molecular flexibility index (Phi) is 7.42. The molecule has 47 heavy (non-hydrogen) atoms. The van der Waals surface area contributed by atoms with Crippen molar-refractivity contribution in [1.29, 1.82) is 0 Å². The number of hydrogen-bond acceptors (Lipinski definition) is 4. The quantitative estimate of drug-likeness (QED) is 0.202. The SMILES string of the molecule is CCC1(CC)c2cc(C(F)(F)F)ccc2-c2c1c1c(c3ccccc23)OC(C2=CC=C(OC)CC2)(c2ccc(OC)c(OC)c2)C=C1. The summed E-state index contributed by atoms with van der Waals surface area (Å²) in [7, 11) is 4.90. The number of allylic oxidation sites excluding steroid dienone is 3. The molecule has 0 radical (unpaired) electrons. The second kappa shape index (κ2) is 11.3. The van der Waals surface area contributed by atoms with Crippen molar-refractivity contribution < 1.29 is 32.1 Å². The molecule has 7 rings (SSSR count). The van der Waals surface area contributed by atoms with Crippen LogP contribution >= 0.6 is 0 Å². The van der Waals surface area contributed by atoms with Gasteiger partial charge in [-0.3, -0.25) is 0 Å². The van der Waals surface area contributed by atoms with Crippen LogP contribution in [0.1, 0.15) is 67.3 Å². The van der Waals surface area contributed by atoms with Gasteiger partial charge in [-0.05, 0) is 88.9 Å². The molecule has 0 fully saturated rings. The molecule has 242 valence electrons. The smallest absolute Gasteiger partial charge is 0.416 e. The second-order valence-corrected chi connectivity index (χ2v) is 12.4. The van der Waals surface area contributed by atoms with Crippen molar-refractivity contribution in [2.75, 3.05) is 21.3 Å². The van der Waals surface area contributed by atoms with Crippen molar-refractivity contribution in [3.63, 3.8) is 0 Å². The molecule has 0 saturated carbocycles. The first-order valence-electron chi connectivity index (χ1n) is 16.0. The molecule has 3 aliphatic rings. The summed E-state index contributed by atoms with van der Waals surface area (Å²) in [5.74, 6) is 2.81. The van der Waals surface area contributed by atoms with Crippen LogP contribution in [0.2, 0.25) is 0 Å². The first-order chi connectivity index (χ1) is 22.6. The monoisotopic (exact) mass is 638 g/mol. The highest BCUT2D eigenvalue weighted by molar-refractivity contribution is 6.08. The number of benzene rings is 4. The number of fused-ring (bicyclic) bond motifs is 8. The second-order valence-electron chi connectivity index (χ2n) is 12.4.